The van der Waals surface area contributed by atoms with E-state index in [9.17, 15) is 14.4 Å². The Kier molecular flexibility index (Phi) is 6.02. The van der Waals surface area contributed by atoms with Crippen LogP contribution in [0.3, 0.4) is 0 Å². The van der Waals surface area contributed by atoms with Gasteiger partial charge in [0.15, 0.2) is 0 Å². The van der Waals surface area contributed by atoms with E-state index in [-0.39, 0.29) is 18.2 Å². The molecular formula is C13H18N4O3. The Hall–Kier alpha value is -2.57. The van der Waals surface area contributed by atoms with Crippen molar-refractivity contribution in [3.63, 3.8) is 0 Å². The molecule has 0 saturated carbocycles. The Morgan fingerprint density at radius 2 is 1.75 bits per heavy atom. The lowest BCUT2D eigenvalue weighted by atomic mass is 10.1. The van der Waals surface area contributed by atoms with Crippen molar-refractivity contribution in [3.05, 3.63) is 35.4 Å². The molecule has 0 aliphatic heterocycles. The molecule has 0 fully saturated rings. The first-order valence-corrected chi connectivity index (χ1v) is 6.18. The molecule has 0 spiro atoms. The van der Waals surface area contributed by atoms with Crippen LogP contribution in [0.15, 0.2) is 24.3 Å². The first kappa shape index (κ1) is 15.5. The van der Waals surface area contributed by atoms with Crippen LogP contribution >= 0.6 is 0 Å². The lowest BCUT2D eigenvalue weighted by Gasteiger charge is -2.07. The fraction of sp³-hybridized carbons (Fsp3) is 0.308. The summed E-state index contributed by atoms with van der Waals surface area (Å²) in [7, 11) is 0. The molecule has 20 heavy (non-hydrogen) atoms. The van der Waals surface area contributed by atoms with Gasteiger partial charge in [0.25, 0.3) is 5.91 Å². The predicted molar refractivity (Wildman–Crippen MR) is 73.6 cm³/mol. The molecule has 7 heteroatoms. The molecule has 0 saturated heterocycles. The highest BCUT2D eigenvalue weighted by Crippen LogP contribution is 2.02. The zero-order valence-corrected chi connectivity index (χ0v) is 11.2. The second-order valence-corrected chi connectivity index (χ2v) is 4.26. The summed E-state index contributed by atoms with van der Waals surface area (Å²) in [6.07, 6.45) is 0.615. The lowest BCUT2D eigenvalue weighted by Crippen LogP contribution is -2.41. The molecule has 7 nitrogen and oxygen atoms in total. The average molecular weight is 278 g/mol. The van der Waals surface area contributed by atoms with Crippen LogP contribution in [0.2, 0.25) is 0 Å². The van der Waals surface area contributed by atoms with E-state index >= 15 is 0 Å². The van der Waals surface area contributed by atoms with Crippen molar-refractivity contribution in [2.75, 3.05) is 6.54 Å². The minimum atomic E-state index is -0.627. The number of nitrogens with two attached hydrogens (primary N) is 1. The fourth-order valence-corrected chi connectivity index (χ4v) is 1.43. The van der Waals surface area contributed by atoms with Crippen LogP contribution in [0, 0.1) is 6.92 Å². The number of benzene rings is 1. The van der Waals surface area contributed by atoms with Crippen molar-refractivity contribution >= 4 is 17.8 Å². The monoisotopic (exact) mass is 278 g/mol. The number of hydrogen-bond acceptors (Lipinski definition) is 3. The molecule has 0 aromatic heterocycles. The van der Waals surface area contributed by atoms with Gasteiger partial charge >= 0.3 is 6.03 Å². The molecule has 0 unspecified atom stereocenters. The SMILES string of the molecule is Cc1ccc(C(=O)NNC(=O)CCCNC(N)=O)cc1. The van der Waals surface area contributed by atoms with Crippen LogP contribution in [-0.2, 0) is 4.79 Å². The summed E-state index contributed by atoms with van der Waals surface area (Å²) < 4.78 is 0. The normalized spacial score (nSPS) is 9.65. The fourth-order valence-electron chi connectivity index (χ4n) is 1.43. The first-order chi connectivity index (χ1) is 9.49. The third-order valence-electron chi connectivity index (χ3n) is 2.51. The van der Waals surface area contributed by atoms with Crippen LogP contribution < -0.4 is 21.9 Å². The molecule has 0 heterocycles. The number of carbonyl (C=O) groups is 3. The molecule has 4 amide bonds. The topological polar surface area (TPSA) is 113 Å². The van der Waals surface area contributed by atoms with Crippen LogP contribution in [0.1, 0.15) is 28.8 Å². The van der Waals surface area contributed by atoms with Crippen LogP contribution in [0.4, 0.5) is 4.79 Å². The number of nitrogens with one attached hydrogen (secondary N) is 3. The number of hydrazine groups is 1. The molecule has 108 valence electrons. The number of urea groups is 1. The van der Waals surface area contributed by atoms with Gasteiger partial charge in [-0.05, 0) is 25.5 Å². The first-order valence-electron chi connectivity index (χ1n) is 6.18. The van der Waals surface area contributed by atoms with Gasteiger partial charge in [0.2, 0.25) is 5.91 Å². The Morgan fingerprint density at radius 1 is 1.10 bits per heavy atom. The maximum Gasteiger partial charge on any atom is 0.312 e. The zero-order chi connectivity index (χ0) is 15.0. The molecule has 5 N–H and O–H groups in total. The summed E-state index contributed by atoms with van der Waals surface area (Å²) >= 11 is 0. The Bertz CT molecular complexity index is 485. The summed E-state index contributed by atoms with van der Waals surface area (Å²) in [6.45, 7) is 2.23. The summed E-state index contributed by atoms with van der Waals surface area (Å²) in [5.41, 5.74) is 11.0. The zero-order valence-electron chi connectivity index (χ0n) is 11.2. The largest absolute Gasteiger partial charge is 0.352 e. The van der Waals surface area contributed by atoms with Crippen molar-refractivity contribution in [2.24, 2.45) is 5.73 Å². The molecular weight excluding hydrogens is 260 g/mol. The van der Waals surface area contributed by atoms with Crippen molar-refractivity contribution in [2.45, 2.75) is 19.8 Å². The number of amides is 4. The molecule has 0 radical (unpaired) electrons. The van der Waals surface area contributed by atoms with E-state index in [1.54, 1.807) is 12.1 Å². The van der Waals surface area contributed by atoms with Crippen molar-refractivity contribution < 1.29 is 14.4 Å². The molecule has 1 aromatic carbocycles. The van der Waals surface area contributed by atoms with Gasteiger partial charge < -0.3 is 11.1 Å². The second-order valence-electron chi connectivity index (χ2n) is 4.26. The summed E-state index contributed by atoms with van der Waals surface area (Å²) in [4.78, 5) is 33.5. The Balaban J connectivity index is 2.25. The van der Waals surface area contributed by atoms with Crippen molar-refractivity contribution in [3.8, 4) is 0 Å². The third kappa shape index (κ3) is 5.85. The van der Waals surface area contributed by atoms with Crippen molar-refractivity contribution in [1.29, 1.82) is 0 Å². The molecule has 0 aliphatic carbocycles. The van der Waals surface area contributed by atoms with Gasteiger partial charge in [-0.1, -0.05) is 17.7 Å². The van der Waals surface area contributed by atoms with E-state index in [2.05, 4.69) is 16.2 Å². The number of carbonyl (C=O) groups excluding carboxylic acids is 3. The van der Waals surface area contributed by atoms with E-state index in [1.807, 2.05) is 19.1 Å². The van der Waals surface area contributed by atoms with E-state index in [0.29, 0.717) is 18.5 Å². The molecule has 1 rings (SSSR count). The summed E-state index contributed by atoms with van der Waals surface area (Å²) in [6, 6.07) is 6.35. The summed E-state index contributed by atoms with van der Waals surface area (Å²) in [5.74, 6) is -0.717. The smallest absolute Gasteiger partial charge is 0.312 e. The number of rotatable bonds is 5. The van der Waals surface area contributed by atoms with E-state index in [0.717, 1.165) is 5.56 Å². The predicted octanol–water partition coefficient (Wildman–Crippen LogP) is 0.205. The number of hydrogen-bond donors (Lipinski definition) is 4. The summed E-state index contributed by atoms with van der Waals surface area (Å²) in [5, 5.41) is 2.37. The third-order valence-corrected chi connectivity index (χ3v) is 2.51. The number of primary amides is 1. The quantitative estimate of drug-likeness (QED) is 0.456. The van der Waals surface area contributed by atoms with Crippen LogP contribution in [0.25, 0.3) is 0 Å². The van der Waals surface area contributed by atoms with E-state index in [1.165, 1.54) is 0 Å². The lowest BCUT2D eigenvalue weighted by molar-refractivity contribution is -0.121. The molecule has 1 aromatic rings. The molecule has 0 aliphatic rings. The van der Waals surface area contributed by atoms with Gasteiger partial charge in [-0.25, -0.2) is 4.79 Å². The second kappa shape index (κ2) is 7.78. The molecule has 0 atom stereocenters. The highest BCUT2D eigenvalue weighted by Gasteiger charge is 2.06. The standard InChI is InChI=1S/C13H18N4O3/c1-9-4-6-10(7-5-9)12(19)17-16-11(18)3-2-8-15-13(14)20/h4-7H,2-3,8H2,1H3,(H,16,18)(H,17,19)(H3,14,15,20). The van der Waals surface area contributed by atoms with E-state index in [4.69, 9.17) is 5.73 Å². The van der Waals surface area contributed by atoms with Gasteiger partial charge in [0.1, 0.15) is 0 Å². The van der Waals surface area contributed by atoms with Crippen LogP contribution in [-0.4, -0.2) is 24.4 Å². The molecule has 0 bridgehead atoms. The van der Waals surface area contributed by atoms with Gasteiger partial charge in [0, 0.05) is 18.5 Å². The highest BCUT2D eigenvalue weighted by atomic mass is 16.2. The van der Waals surface area contributed by atoms with Gasteiger partial charge in [-0.2, -0.15) is 0 Å². The van der Waals surface area contributed by atoms with Gasteiger partial charge in [-0.15, -0.1) is 0 Å². The maximum atomic E-state index is 11.7. The Labute approximate surface area is 116 Å². The highest BCUT2D eigenvalue weighted by molar-refractivity contribution is 5.95. The maximum absolute atomic E-state index is 11.7. The minimum Gasteiger partial charge on any atom is -0.352 e. The van der Waals surface area contributed by atoms with E-state index < -0.39 is 6.03 Å². The minimum absolute atomic E-state index is 0.175. The van der Waals surface area contributed by atoms with Crippen LogP contribution in [0.5, 0.6) is 0 Å². The van der Waals surface area contributed by atoms with Crippen molar-refractivity contribution in [1.82, 2.24) is 16.2 Å². The van der Waals surface area contributed by atoms with Gasteiger partial charge in [-0.3, -0.25) is 20.4 Å². The number of aryl methyl sites for hydroxylation is 1. The average Bonchev–Trinajstić information content (AvgIpc) is 2.41. The Morgan fingerprint density at radius 3 is 2.35 bits per heavy atom. The van der Waals surface area contributed by atoms with Gasteiger partial charge in [0.05, 0.1) is 0 Å².